The molecule has 5 rings (SSSR count). The number of ether oxygens (including phenoxy) is 1. The Morgan fingerprint density at radius 3 is 2.86 bits per heavy atom. The first kappa shape index (κ1) is 23.7. The molecule has 0 aliphatic rings. The Balaban J connectivity index is 1.48. The number of rotatable bonds is 9. The Kier molecular flexibility index (Phi) is 6.78. The third-order valence-corrected chi connectivity index (χ3v) is 6.43. The summed E-state index contributed by atoms with van der Waals surface area (Å²) in [7, 11) is 0. The molecule has 4 aromatic heterocycles. The van der Waals surface area contributed by atoms with Crippen molar-refractivity contribution in [1.82, 2.24) is 29.9 Å². The van der Waals surface area contributed by atoms with Crippen molar-refractivity contribution in [2.45, 2.75) is 19.5 Å². The number of fused-ring (bicyclic) bond motifs is 1. The second-order valence-corrected chi connectivity index (χ2v) is 9.16. The van der Waals surface area contributed by atoms with Gasteiger partial charge < -0.3 is 15.8 Å². The summed E-state index contributed by atoms with van der Waals surface area (Å²) in [4.78, 5) is 12.8. The van der Waals surface area contributed by atoms with Crippen LogP contribution in [0.25, 0.3) is 31.8 Å². The monoisotopic (exact) mass is 508 g/mol. The molecule has 0 saturated carbocycles. The lowest BCUT2D eigenvalue weighted by molar-refractivity contribution is 0.295. The summed E-state index contributed by atoms with van der Waals surface area (Å²) in [5.74, 6) is -0.452. The molecule has 12 heteroatoms. The van der Waals surface area contributed by atoms with Crippen LogP contribution in [0.1, 0.15) is 6.92 Å². The summed E-state index contributed by atoms with van der Waals surface area (Å²) in [6.07, 6.45) is 5.83. The number of hydrogen-bond donors (Lipinski definition) is 2. The predicted octanol–water partition coefficient (Wildman–Crippen LogP) is 4.13. The van der Waals surface area contributed by atoms with Crippen LogP contribution in [0.15, 0.2) is 55.1 Å². The lowest BCUT2D eigenvalue weighted by Gasteiger charge is -2.13. The second kappa shape index (κ2) is 10.3. The van der Waals surface area contributed by atoms with E-state index in [0.29, 0.717) is 35.2 Å². The van der Waals surface area contributed by atoms with Crippen molar-refractivity contribution in [2.75, 3.05) is 18.5 Å². The van der Waals surface area contributed by atoms with E-state index in [1.165, 1.54) is 23.6 Å². The van der Waals surface area contributed by atoms with E-state index < -0.39 is 11.8 Å². The summed E-state index contributed by atoms with van der Waals surface area (Å²) in [5, 5.41) is 11.6. The van der Waals surface area contributed by atoms with Crippen molar-refractivity contribution in [3.63, 3.8) is 0 Å². The molecule has 0 saturated heterocycles. The van der Waals surface area contributed by atoms with Gasteiger partial charge in [0.1, 0.15) is 18.1 Å². The van der Waals surface area contributed by atoms with Gasteiger partial charge in [-0.3, -0.25) is 4.68 Å². The number of nitrogens with zero attached hydrogens (tertiary/aromatic N) is 6. The minimum atomic E-state index is -0.629. The summed E-state index contributed by atoms with van der Waals surface area (Å²) >= 11 is 1.35. The van der Waals surface area contributed by atoms with E-state index in [4.69, 9.17) is 10.5 Å². The zero-order chi connectivity index (χ0) is 25.1. The van der Waals surface area contributed by atoms with E-state index in [1.54, 1.807) is 17.1 Å². The van der Waals surface area contributed by atoms with Gasteiger partial charge in [-0.1, -0.05) is 23.4 Å². The van der Waals surface area contributed by atoms with Crippen LogP contribution in [0.5, 0.6) is 5.75 Å². The summed E-state index contributed by atoms with van der Waals surface area (Å²) in [6, 6.07) is 8.61. The minimum Gasteiger partial charge on any atom is -0.490 e. The Labute approximate surface area is 209 Å². The normalized spacial score (nSPS) is 12.1. The first-order chi connectivity index (χ1) is 17.5. The molecule has 0 bridgehead atoms. The van der Waals surface area contributed by atoms with Gasteiger partial charge in [0.25, 0.3) is 0 Å². The first-order valence-electron chi connectivity index (χ1n) is 11.2. The highest BCUT2D eigenvalue weighted by Crippen LogP contribution is 2.42. The van der Waals surface area contributed by atoms with Crippen molar-refractivity contribution in [2.24, 2.45) is 5.73 Å². The highest BCUT2D eigenvalue weighted by molar-refractivity contribution is 7.22. The maximum absolute atomic E-state index is 14.8. The number of halogens is 2. The molecule has 36 heavy (non-hydrogen) atoms. The predicted molar refractivity (Wildman–Crippen MR) is 134 cm³/mol. The van der Waals surface area contributed by atoms with Crippen LogP contribution in [-0.4, -0.2) is 49.1 Å². The van der Waals surface area contributed by atoms with Crippen molar-refractivity contribution in [3.8, 4) is 27.4 Å². The van der Waals surface area contributed by atoms with Gasteiger partial charge in [-0.15, -0.1) is 16.4 Å². The van der Waals surface area contributed by atoms with Crippen LogP contribution in [-0.2, 0) is 6.54 Å². The molecule has 9 nitrogen and oxygen atoms in total. The SMILES string of the molecule is C[C@H](N)COc1cnc(F)cc1-c1cccc2cc(-c3nc(NCCn4ccnn4)ncc3F)sc12. The van der Waals surface area contributed by atoms with Gasteiger partial charge >= 0.3 is 0 Å². The molecule has 184 valence electrons. The fourth-order valence-corrected chi connectivity index (χ4v) is 4.79. The highest BCUT2D eigenvalue weighted by Gasteiger charge is 2.18. The smallest absolute Gasteiger partial charge is 0.223 e. The van der Waals surface area contributed by atoms with Gasteiger partial charge in [0.05, 0.1) is 30.0 Å². The number of anilines is 1. The maximum Gasteiger partial charge on any atom is 0.223 e. The van der Waals surface area contributed by atoms with Crippen LogP contribution in [0.3, 0.4) is 0 Å². The quantitative estimate of drug-likeness (QED) is 0.286. The zero-order valence-electron chi connectivity index (χ0n) is 19.2. The van der Waals surface area contributed by atoms with Crippen LogP contribution in [0.2, 0.25) is 0 Å². The molecule has 4 heterocycles. The molecule has 5 aromatic rings. The van der Waals surface area contributed by atoms with Crippen molar-refractivity contribution < 1.29 is 13.5 Å². The highest BCUT2D eigenvalue weighted by atomic mass is 32.1. The molecule has 0 aliphatic heterocycles. The average Bonchev–Trinajstić information content (AvgIpc) is 3.54. The first-order valence-corrected chi connectivity index (χ1v) is 12.0. The fraction of sp³-hybridized carbons (Fsp3) is 0.208. The van der Waals surface area contributed by atoms with Crippen molar-refractivity contribution >= 4 is 27.4 Å². The third-order valence-electron chi connectivity index (χ3n) is 5.24. The molecule has 0 radical (unpaired) electrons. The average molecular weight is 509 g/mol. The molecule has 1 aromatic carbocycles. The van der Waals surface area contributed by atoms with Crippen molar-refractivity contribution in [1.29, 1.82) is 0 Å². The Morgan fingerprint density at radius 1 is 1.17 bits per heavy atom. The topological polar surface area (TPSA) is 117 Å². The molecular weight excluding hydrogens is 486 g/mol. The van der Waals surface area contributed by atoms with E-state index in [9.17, 15) is 8.78 Å². The number of nitrogens with two attached hydrogens (primary N) is 1. The van der Waals surface area contributed by atoms with Crippen molar-refractivity contribution in [3.05, 3.63) is 66.9 Å². The van der Waals surface area contributed by atoms with Gasteiger partial charge in [0.15, 0.2) is 5.82 Å². The summed E-state index contributed by atoms with van der Waals surface area (Å²) in [5.41, 5.74) is 7.28. The van der Waals surface area contributed by atoms with E-state index >= 15 is 0 Å². The number of aromatic nitrogens is 6. The molecule has 1 atom stereocenters. The standard InChI is InChI=1S/C24H22F2N8OS/c1-14(27)13-35-19-12-29-21(26)10-17(19)16-4-2-3-15-9-20(36-23(15)16)22-18(25)11-30-24(32-22)28-5-7-34-8-6-31-33-34/h2-4,6,8-12,14H,5,7,13,27H2,1H3,(H,28,30,32)/t14-/m0/s1. The van der Waals surface area contributed by atoms with Gasteiger partial charge in [-0.05, 0) is 18.4 Å². The third kappa shape index (κ3) is 5.14. The molecular formula is C24H22F2N8OS. The lowest BCUT2D eigenvalue weighted by atomic mass is 10.0. The van der Waals surface area contributed by atoms with Crippen LogP contribution >= 0.6 is 11.3 Å². The van der Waals surface area contributed by atoms with Crippen LogP contribution < -0.4 is 15.8 Å². The molecule has 0 unspecified atom stereocenters. The summed E-state index contributed by atoms with van der Waals surface area (Å²) in [6.45, 7) is 3.11. The molecule has 0 fully saturated rings. The van der Waals surface area contributed by atoms with Crippen LogP contribution in [0, 0.1) is 11.8 Å². The lowest BCUT2D eigenvalue weighted by Crippen LogP contribution is -2.23. The largest absolute Gasteiger partial charge is 0.490 e. The van der Waals surface area contributed by atoms with Gasteiger partial charge in [0.2, 0.25) is 11.9 Å². The molecule has 0 aliphatic carbocycles. The fourth-order valence-electron chi connectivity index (χ4n) is 3.62. The second-order valence-electron chi connectivity index (χ2n) is 8.11. The summed E-state index contributed by atoms with van der Waals surface area (Å²) < 4.78 is 37.2. The zero-order valence-corrected chi connectivity index (χ0v) is 20.0. The number of thiophene rings is 1. The van der Waals surface area contributed by atoms with E-state index in [1.807, 2.05) is 31.2 Å². The number of benzene rings is 1. The van der Waals surface area contributed by atoms with Gasteiger partial charge in [0, 0.05) is 40.7 Å². The number of pyridine rings is 1. The van der Waals surface area contributed by atoms with E-state index in [0.717, 1.165) is 21.8 Å². The Hall–Kier alpha value is -4.03. The molecule has 0 spiro atoms. The van der Waals surface area contributed by atoms with Crippen LogP contribution in [0.4, 0.5) is 14.7 Å². The number of nitrogens with one attached hydrogen (secondary N) is 1. The molecule has 3 N–H and O–H groups in total. The Morgan fingerprint density at radius 2 is 2.06 bits per heavy atom. The van der Waals surface area contributed by atoms with E-state index in [-0.39, 0.29) is 18.3 Å². The Bertz CT molecular complexity index is 1490. The van der Waals surface area contributed by atoms with Gasteiger partial charge in [-0.25, -0.2) is 19.3 Å². The van der Waals surface area contributed by atoms with Gasteiger partial charge in [-0.2, -0.15) is 4.39 Å². The number of hydrogen-bond acceptors (Lipinski definition) is 9. The minimum absolute atomic E-state index is 0.176. The maximum atomic E-state index is 14.8. The van der Waals surface area contributed by atoms with E-state index in [2.05, 4.69) is 30.6 Å². The molecule has 0 amide bonds.